The van der Waals surface area contributed by atoms with Gasteiger partial charge in [-0.3, -0.25) is 0 Å². The highest BCUT2D eigenvalue weighted by atomic mass is 16.3. The molecule has 14 heavy (non-hydrogen) atoms. The first-order valence-corrected chi connectivity index (χ1v) is 5.00. The molecule has 0 radical (unpaired) electrons. The molecule has 0 amide bonds. The molecule has 1 rings (SSSR count). The molecule has 0 saturated heterocycles. The Morgan fingerprint density at radius 2 is 1.71 bits per heavy atom. The van der Waals surface area contributed by atoms with Gasteiger partial charge in [0.05, 0.1) is 6.10 Å². The number of aliphatic hydroxyl groups is 2. The Hall–Kier alpha value is -0.860. The summed E-state index contributed by atoms with van der Waals surface area (Å²) in [6.07, 6.45) is -0.568. The lowest BCUT2D eigenvalue weighted by atomic mass is 9.87. The number of rotatable bonds is 4. The summed E-state index contributed by atoms with van der Waals surface area (Å²) < 4.78 is 0. The zero-order chi connectivity index (χ0) is 10.6. The van der Waals surface area contributed by atoms with E-state index in [1.165, 1.54) is 0 Å². The highest BCUT2D eigenvalue weighted by Crippen LogP contribution is 2.27. The van der Waals surface area contributed by atoms with E-state index in [2.05, 4.69) is 0 Å². The fraction of sp³-hybridized carbons (Fsp3) is 0.500. The van der Waals surface area contributed by atoms with Crippen molar-refractivity contribution >= 4 is 0 Å². The molecular weight excluding hydrogens is 176 g/mol. The third-order valence-electron chi connectivity index (χ3n) is 2.61. The molecule has 0 saturated carbocycles. The number of hydrogen-bond donors (Lipinski definition) is 2. The van der Waals surface area contributed by atoms with Crippen molar-refractivity contribution in [2.75, 3.05) is 6.61 Å². The molecular formula is C12H18O2. The maximum Gasteiger partial charge on any atom is 0.0842 e. The molecule has 2 atom stereocenters. The van der Waals surface area contributed by atoms with Crippen LogP contribution in [0, 0.1) is 11.8 Å². The van der Waals surface area contributed by atoms with Crippen LogP contribution >= 0.6 is 0 Å². The summed E-state index contributed by atoms with van der Waals surface area (Å²) >= 11 is 0. The number of hydrogen-bond acceptors (Lipinski definition) is 2. The van der Waals surface area contributed by atoms with Crippen molar-refractivity contribution in [3.05, 3.63) is 35.9 Å². The molecule has 0 bridgehead atoms. The van der Waals surface area contributed by atoms with E-state index >= 15 is 0 Å². The molecule has 1 aromatic rings. The van der Waals surface area contributed by atoms with Crippen molar-refractivity contribution in [2.24, 2.45) is 11.8 Å². The number of benzene rings is 1. The van der Waals surface area contributed by atoms with Gasteiger partial charge in [0.25, 0.3) is 0 Å². The third-order valence-corrected chi connectivity index (χ3v) is 2.61. The number of aliphatic hydroxyl groups excluding tert-OH is 2. The molecule has 2 nitrogen and oxygen atoms in total. The van der Waals surface area contributed by atoms with Gasteiger partial charge in [0, 0.05) is 12.5 Å². The molecule has 1 aromatic carbocycles. The van der Waals surface area contributed by atoms with Crippen molar-refractivity contribution in [1.82, 2.24) is 0 Å². The molecule has 0 spiro atoms. The van der Waals surface area contributed by atoms with Gasteiger partial charge in [-0.05, 0) is 11.5 Å². The quantitative estimate of drug-likeness (QED) is 0.769. The molecule has 0 heterocycles. The van der Waals surface area contributed by atoms with Gasteiger partial charge < -0.3 is 10.2 Å². The molecule has 0 aliphatic carbocycles. The molecule has 78 valence electrons. The molecule has 0 fully saturated rings. The lowest BCUT2D eigenvalue weighted by Gasteiger charge is -2.24. The standard InChI is InChI=1S/C12H18O2/c1-9(2)11(8-13)12(14)10-6-4-3-5-7-10/h3-7,9,11-14H,8H2,1-2H3/t11-,12-/m1/s1. The first-order valence-electron chi connectivity index (χ1n) is 5.00. The van der Waals surface area contributed by atoms with E-state index in [0.717, 1.165) is 5.56 Å². The predicted molar refractivity (Wildman–Crippen MR) is 56.8 cm³/mol. The van der Waals surface area contributed by atoms with Crippen LogP contribution in [0.5, 0.6) is 0 Å². The zero-order valence-corrected chi connectivity index (χ0v) is 8.72. The van der Waals surface area contributed by atoms with E-state index in [9.17, 15) is 5.11 Å². The Bertz CT molecular complexity index is 256. The van der Waals surface area contributed by atoms with Gasteiger partial charge in [0.15, 0.2) is 0 Å². The first kappa shape index (κ1) is 11.2. The fourth-order valence-electron chi connectivity index (χ4n) is 1.57. The van der Waals surface area contributed by atoms with Crippen LogP contribution in [0.3, 0.4) is 0 Å². The van der Waals surface area contributed by atoms with Crippen LogP contribution in [0.4, 0.5) is 0 Å². The van der Waals surface area contributed by atoms with Gasteiger partial charge in [0.2, 0.25) is 0 Å². The molecule has 2 N–H and O–H groups in total. The van der Waals surface area contributed by atoms with Crippen LogP contribution in [0.2, 0.25) is 0 Å². The van der Waals surface area contributed by atoms with Crippen LogP contribution in [0.25, 0.3) is 0 Å². The summed E-state index contributed by atoms with van der Waals surface area (Å²) in [4.78, 5) is 0. The van der Waals surface area contributed by atoms with Gasteiger partial charge in [-0.1, -0.05) is 44.2 Å². The first-order chi connectivity index (χ1) is 6.66. The Morgan fingerprint density at radius 3 is 2.14 bits per heavy atom. The summed E-state index contributed by atoms with van der Waals surface area (Å²) in [5.41, 5.74) is 0.875. The van der Waals surface area contributed by atoms with Gasteiger partial charge in [-0.15, -0.1) is 0 Å². The van der Waals surface area contributed by atoms with E-state index in [1.54, 1.807) is 0 Å². The maximum absolute atomic E-state index is 9.99. The van der Waals surface area contributed by atoms with Crippen LogP contribution < -0.4 is 0 Å². The maximum atomic E-state index is 9.99. The fourth-order valence-corrected chi connectivity index (χ4v) is 1.57. The van der Waals surface area contributed by atoms with Crippen molar-refractivity contribution in [3.8, 4) is 0 Å². The topological polar surface area (TPSA) is 40.5 Å². The average molecular weight is 194 g/mol. The SMILES string of the molecule is CC(C)[C@@H](CO)[C@H](O)c1ccccc1. The second-order valence-corrected chi connectivity index (χ2v) is 3.95. The lowest BCUT2D eigenvalue weighted by molar-refractivity contribution is 0.0407. The van der Waals surface area contributed by atoms with Crippen LogP contribution in [-0.2, 0) is 0 Å². The van der Waals surface area contributed by atoms with E-state index in [4.69, 9.17) is 5.11 Å². The third kappa shape index (κ3) is 2.56. The summed E-state index contributed by atoms with van der Waals surface area (Å²) in [7, 11) is 0. The summed E-state index contributed by atoms with van der Waals surface area (Å²) in [5, 5.41) is 19.2. The Balaban J connectivity index is 2.78. The van der Waals surface area contributed by atoms with Crippen molar-refractivity contribution < 1.29 is 10.2 Å². The van der Waals surface area contributed by atoms with Crippen LogP contribution in [0.1, 0.15) is 25.5 Å². The highest BCUT2D eigenvalue weighted by Gasteiger charge is 2.22. The van der Waals surface area contributed by atoms with Gasteiger partial charge in [-0.25, -0.2) is 0 Å². The van der Waals surface area contributed by atoms with E-state index < -0.39 is 6.10 Å². The van der Waals surface area contributed by atoms with E-state index in [1.807, 2.05) is 44.2 Å². The minimum absolute atomic E-state index is 0.0216. The Labute approximate surface area is 85.2 Å². The smallest absolute Gasteiger partial charge is 0.0842 e. The van der Waals surface area contributed by atoms with E-state index in [-0.39, 0.29) is 18.4 Å². The van der Waals surface area contributed by atoms with Crippen LogP contribution in [0.15, 0.2) is 30.3 Å². The molecule has 0 aliphatic heterocycles. The van der Waals surface area contributed by atoms with Crippen molar-refractivity contribution in [2.45, 2.75) is 20.0 Å². The Morgan fingerprint density at radius 1 is 1.14 bits per heavy atom. The average Bonchev–Trinajstić information content (AvgIpc) is 2.19. The van der Waals surface area contributed by atoms with Crippen molar-refractivity contribution in [3.63, 3.8) is 0 Å². The van der Waals surface area contributed by atoms with Gasteiger partial charge in [0.1, 0.15) is 0 Å². The minimum Gasteiger partial charge on any atom is -0.396 e. The van der Waals surface area contributed by atoms with Gasteiger partial charge in [-0.2, -0.15) is 0 Å². The summed E-state index contributed by atoms with van der Waals surface area (Å²) in [5.74, 6) is 0.188. The van der Waals surface area contributed by atoms with Crippen molar-refractivity contribution in [1.29, 1.82) is 0 Å². The Kier molecular flexibility index (Phi) is 4.11. The largest absolute Gasteiger partial charge is 0.396 e. The summed E-state index contributed by atoms with van der Waals surface area (Å²) in [6, 6.07) is 9.48. The lowest BCUT2D eigenvalue weighted by Crippen LogP contribution is -2.22. The van der Waals surface area contributed by atoms with Gasteiger partial charge >= 0.3 is 0 Å². The molecule has 0 aromatic heterocycles. The van der Waals surface area contributed by atoms with Crippen LogP contribution in [-0.4, -0.2) is 16.8 Å². The zero-order valence-electron chi connectivity index (χ0n) is 8.72. The monoisotopic (exact) mass is 194 g/mol. The second kappa shape index (κ2) is 5.13. The second-order valence-electron chi connectivity index (χ2n) is 3.95. The normalized spacial score (nSPS) is 15.5. The molecule has 0 unspecified atom stereocenters. The molecule has 0 aliphatic rings. The highest BCUT2D eigenvalue weighted by molar-refractivity contribution is 5.18. The van der Waals surface area contributed by atoms with E-state index in [0.29, 0.717) is 0 Å². The minimum atomic E-state index is -0.568. The summed E-state index contributed by atoms with van der Waals surface area (Å²) in [6.45, 7) is 4.04. The predicted octanol–water partition coefficient (Wildman–Crippen LogP) is 1.98. The molecule has 2 heteroatoms.